The van der Waals surface area contributed by atoms with Crippen LogP contribution in [0.2, 0.25) is 0 Å². The van der Waals surface area contributed by atoms with E-state index in [4.69, 9.17) is 15.4 Å². The van der Waals surface area contributed by atoms with Gasteiger partial charge in [-0.1, -0.05) is 5.16 Å². The monoisotopic (exact) mass is 449 g/mol. The van der Waals surface area contributed by atoms with E-state index in [1.165, 1.54) is 19.2 Å². The molecule has 0 saturated carbocycles. The molecule has 29 heavy (non-hydrogen) atoms. The number of hydroxylamine groups is 2. The Morgan fingerprint density at radius 2 is 2.10 bits per heavy atom. The van der Waals surface area contributed by atoms with E-state index in [1.807, 2.05) is 0 Å². The molecule has 1 saturated heterocycles. The van der Waals surface area contributed by atoms with Crippen molar-refractivity contribution in [3.63, 3.8) is 0 Å². The highest BCUT2D eigenvalue weighted by molar-refractivity contribution is 7.80. The third-order valence-electron chi connectivity index (χ3n) is 3.59. The number of amides is 2. The van der Waals surface area contributed by atoms with E-state index in [9.17, 15) is 22.8 Å². The molecule has 0 radical (unpaired) electrons. The molecule has 5 N–H and O–H groups in total. The Morgan fingerprint density at radius 3 is 2.55 bits per heavy atom. The number of oxime groups is 1. The van der Waals surface area contributed by atoms with Gasteiger partial charge in [0.2, 0.25) is 5.76 Å². The van der Waals surface area contributed by atoms with E-state index in [1.54, 1.807) is 0 Å². The second kappa shape index (κ2) is 7.74. The zero-order chi connectivity index (χ0) is 22.1. The maximum absolute atomic E-state index is 12.6. The highest BCUT2D eigenvalue weighted by atomic mass is 32.3. The summed E-state index contributed by atoms with van der Waals surface area (Å²) in [7, 11) is -4.96. The van der Waals surface area contributed by atoms with E-state index in [0.717, 1.165) is 11.3 Å². The van der Waals surface area contributed by atoms with E-state index < -0.39 is 51.2 Å². The highest BCUT2D eigenvalue weighted by Gasteiger charge is 2.58. The number of anilines is 1. The molecule has 2 rings (SSSR count). The number of carboxylic acid groups (broad SMARTS) is 1. The lowest BCUT2D eigenvalue weighted by Gasteiger charge is -2.50. The first-order chi connectivity index (χ1) is 13.2. The van der Waals surface area contributed by atoms with Crippen LogP contribution in [0, 0.1) is 0 Å². The number of thiazole rings is 1. The number of aromatic nitrogens is 1. The van der Waals surface area contributed by atoms with Gasteiger partial charge in [0.1, 0.15) is 11.7 Å². The Hall–Kier alpha value is -3.08. The summed E-state index contributed by atoms with van der Waals surface area (Å²) in [4.78, 5) is 43.9. The van der Waals surface area contributed by atoms with Gasteiger partial charge in [0.15, 0.2) is 10.8 Å². The lowest BCUT2D eigenvalue weighted by Crippen LogP contribution is -2.76. The molecular weight excluding hydrogens is 434 g/mol. The van der Waals surface area contributed by atoms with Crippen molar-refractivity contribution in [2.45, 2.75) is 25.4 Å². The highest BCUT2D eigenvalue weighted by Crippen LogP contribution is 2.32. The molecule has 1 aromatic heterocycles. The first-order valence-electron chi connectivity index (χ1n) is 7.44. The van der Waals surface area contributed by atoms with Crippen molar-refractivity contribution in [2.75, 3.05) is 5.73 Å². The molecule has 16 heteroatoms. The summed E-state index contributed by atoms with van der Waals surface area (Å²) in [5.74, 6) is -4.30. The molecule has 1 aliphatic rings. The molecule has 0 aliphatic carbocycles. The summed E-state index contributed by atoms with van der Waals surface area (Å²) in [5, 5.41) is 16.2. The number of β-lactam (4-membered cyclic amide) rings is 1. The zero-order valence-corrected chi connectivity index (χ0v) is 16.5. The molecule has 14 nitrogen and oxygen atoms in total. The fourth-order valence-electron chi connectivity index (χ4n) is 2.16. The summed E-state index contributed by atoms with van der Waals surface area (Å²) in [6.07, 6.45) is 0. The maximum Gasteiger partial charge on any atom is 0.418 e. The van der Waals surface area contributed by atoms with Crippen molar-refractivity contribution >= 4 is 50.4 Å². The van der Waals surface area contributed by atoms with Crippen LogP contribution in [0.3, 0.4) is 0 Å². The average molecular weight is 449 g/mol. The number of nitrogens with two attached hydrogens (primary N) is 1. The summed E-state index contributed by atoms with van der Waals surface area (Å²) < 4.78 is 34.6. The van der Waals surface area contributed by atoms with Crippen LogP contribution in [0.5, 0.6) is 0 Å². The first kappa shape index (κ1) is 22.2. The molecule has 0 aromatic carbocycles. The van der Waals surface area contributed by atoms with Crippen LogP contribution in [0.25, 0.3) is 0 Å². The van der Waals surface area contributed by atoms with E-state index in [2.05, 4.69) is 31.2 Å². The second-order valence-corrected chi connectivity index (χ2v) is 7.92. The van der Waals surface area contributed by atoms with Crippen LogP contribution in [0.15, 0.2) is 22.9 Å². The number of carbonyl (C=O) groups excluding carboxylic acids is 2. The van der Waals surface area contributed by atoms with Gasteiger partial charge < -0.3 is 21.0 Å². The third kappa shape index (κ3) is 4.86. The van der Waals surface area contributed by atoms with Crippen molar-refractivity contribution in [1.29, 1.82) is 0 Å². The molecule has 158 valence electrons. The summed E-state index contributed by atoms with van der Waals surface area (Å²) in [6, 6.07) is -1.28. The number of nitrogens with one attached hydrogen (secondary N) is 1. The van der Waals surface area contributed by atoms with Crippen molar-refractivity contribution in [1.82, 2.24) is 15.4 Å². The number of carbonyl (C=O) groups is 3. The molecule has 0 spiro atoms. The van der Waals surface area contributed by atoms with Gasteiger partial charge >= 0.3 is 16.4 Å². The molecule has 0 unspecified atom stereocenters. The van der Waals surface area contributed by atoms with Crippen molar-refractivity contribution < 1.29 is 41.6 Å². The van der Waals surface area contributed by atoms with Gasteiger partial charge in [0.05, 0.1) is 5.54 Å². The number of rotatable bonds is 8. The molecule has 0 bridgehead atoms. The fourth-order valence-corrected chi connectivity index (χ4v) is 3.16. The topological polar surface area (TPSA) is 211 Å². The van der Waals surface area contributed by atoms with Crippen LogP contribution in [0.4, 0.5) is 5.13 Å². The minimum atomic E-state index is -4.96. The molecule has 1 atom stereocenters. The number of aliphatic carboxylic acids is 1. The van der Waals surface area contributed by atoms with Crippen LogP contribution < -0.4 is 11.1 Å². The van der Waals surface area contributed by atoms with Crippen LogP contribution in [-0.4, -0.2) is 63.2 Å². The summed E-state index contributed by atoms with van der Waals surface area (Å²) in [6.45, 7) is 5.80. The number of hydrogen-bond donors (Lipinski definition) is 4. The summed E-state index contributed by atoms with van der Waals surface area (Å²) >= 11 is 0.958. The predicted molar refractivity (Wildman–Crippen MR) is 96.4 cm³/mol. The van der Waals surface area contributed by atoms with E-state index in [-0.39, 0.29) is 10.8 Å². The van der Waals surface area contributed by atoms with E-state index >= 15 is 0 Å². The Morgan fingerprint density at radius 1 is 1.48 bits per heavy atom. The standard InChI is InChI=1S/C13H15N5O9S2/c1-5(11(21)22)26-17-7(6-4-28-12(14)15-6)9(19)16-8-10(20)18(13(8,2)3)27-29(23,24)25/h4,8H,1H2,2-3H3,(H2,14,15)(H,16,19)(H,21,22)(H,23,24,25)/b17-7-/t8-/m1/s1. The molecular formula is C13H15N5O9S2. The minimum Gasteiger partial charge on any atom is -0.475 e. The number of hydrogen-bond acceptors (Lipinski definition) is 11. The quantitative estimate of drug-likeness (QED) is 0.0932. The SMILES string of the molecule is C=C(O/N=C(\C(=O)N[C@@H]1C(=O)N(OS(=O)(=O)O)C1(C)C)c1csc(N)n1)C(=O)O. The normalized spacial score (nSPS) is 18.7. The van der Waals surface area contributed by atoms with Gasteiger partial charge in [0, 0.05) is 5.38 Å². The first-order valence-corrected chi connectivity index (χ1v) is 9.69. The summed E-state index contributed by atoms with van der Waals surface area (Å²) in [5.41, 5.74) is 3.55. The molecule has 2 heterocycles. The Bertz CT molecular complexity index is 1010. The van der Waals surface area contributed by atoms with Crippen LogP contribution >= 0.6 is 11.3 Å². The molecule has 1 aromatic rings. The van der Waals surface area contributed by atoms with Gasteiger partial charge in [0.25, 0.3) is 11.8 Å². The maximum atomic E-state index is 12.6. The molecule has 2 amide bonds. The third-order valence-corrected chi connectivity index (χ3v) is 4.60. The zero-order valence-electron chi connectivity index (χ0n) is 14.8. The fraction of sp³-hybridized carbons (Fsp3) is 0.308. The largest absolute Gasteiger partial charge is 0.475 e. The van der Waals surface area contributed by atoms with Crippen molar-refractivity contribution in [3.8, 4) is 0 Å². The van der Waals surface area contributed by atoms with Gasteiger partial charge in [-0.2, -0.15) is 13.5 Å². The van der Waals surface area contributed by atoms with Crippen molar-refractivity contribution in [3.05, 3.63) is 23.4 Å². The van der Waals surface area contributed by atoms with Gasteiger partial charge in [-0.25, -0.2) is 9.78 Å². The molecule has 1 aliphatic heterocycles. The number of nitrogens with zero attached hydrogens (tertiary/aromatic N) is 3. The Kier molecular flexibility index (Phi) is 5.93. The Balaban J connectivity index is 2.24. The van der Waals surface area contributed by atoms with Gasteiger partial charge in [-0.15, -0.1) is 15.6 Å². The number of nitrogen functional groups attached to an aromatic ring is 1. The lowest BCUT2D eigenvalue weighted by atomic mass is 9.84. The Labute approximate surface area is 167 Å². The average Bonchev–Trinajstić information content (AvgIpc) is 3.02. The van der Waals surface area contributed by atoms with E-state index in [0.29, 0.717) is 5.06 Å². The van der Waals surface area contributed by atoms with Gasteiger partial charge in [-0.3, -0.25) is 14.1 Å². The van der Waals surface area contributed by atoms with Gasteiger partial charge in [-0.05, 0) is 20.4 Å². The second-order valence-electron chi connectivity index (χ2n) is 6.03. The molecule has 1 fully saturated rings. The van der Waals surface area contributed by atoms with Crippen molar-refractivity contribution in [2.24, 2.45) is 5.16 Å². The number of carboxylic acids is 1. The van der Waals surface area contributed by atoms with Crippen LogP contribution in [-0.2, 0) is 33.9 Å². The van der Waals surface area contributed by atoms with Crippen LogP contribution in [0.1, 0.15) is 19.5 Å². The predicted octanol–water partition coefficient (Wildman–Crippen LogP) is -1.12. The minimum absolute atomic E-state index is 0.0705. The smallest absolute Gasteiger partial charge is 0.418 e. The lowest BCUT2D eigenvalue weighted by molar-refractivity contribution is -0.218.